The van der Waals surface area contributed by atoms with E-state index in [0.717, 1.165) is 68.1 Å². The van der Waals surface area contributed by atoms with Crippen molar-refractivity contribution in [3.63, 3.8) is 0 Å². The molecule has 9 aromatic rings. The lowest BCUT2D eigenvalue weighted by atomic mass is 9.64. The molecular weight excluding hydrogens is 909 g/mol. The molecule has 0 radical (unpaired) electrons. The number of hydrogen-bond acceptors (Lipinski definition) is 3. The van der Waals surface area contributed by atoms with Crippen LogP contribution in [0, 0.1) is 10.8 Å². The summed E-state index contributed by atoms with van der Waals surface area (Å²) in [6.07, 6.45) is 8.27. The van der Waals surface area contributed by atoms with E-state index in [-0.39, 0.29) is 27.1 Å². The molecule has 3 nitrogen and oxygen atoms in total. The zero-order valence-electron chi connectivity index (χ0n) is 46.4. The predicted octanol–water partition coefficient (Wildman–Crippen LogP) is 20.3. The first-order valence-electron chi connectivity index (χ1n) is 27.2. The number of anilines is 5. The molecule has 1 atom stereocenters. The second-order valence-electron chi connectivity index (χ2n) is 26.1. The third-order valence-electron chi connectivity index (χ3n) is 17.5. The summed E-state index contributed by atoms with van der Waals surface area (Å²) in [5.74, 6) is 0. The lowest BCUT2D eigenvalue weighted by Gasteiger charge is -2.42. The van der Waals surface area contributed by atoms with Gasteiger partial charge in [0.25, 0.3) is 0 Å². The highest BCUT2D eigenvalue weighted by Crippen LogP contribution is 2.66. The Bertz CT molecular complexity index is 3670. The fourth-order valence-electron chi connectivity index (χ4n) is 12.4. The van der Waals surface area contributed by atoms with Gasteiger partial charge in [-0.25, -0.2) is 0 Å². The molecule has 3 aliphatic carbocycles. The quantitative estimate of drug-likeness (QED) is 0.166. The second kappa shape index (κ2) is 16.8. The van der Waals surface area contributed by atoms with Crippen LogP contribution in [0.1, 0.15) is 135 Å². The standard InChI is InChI=1S/C72H72N2O/c1-67(2,3)46-26-32-49(33-27-46)73(50-34-28-47(29-35-50)68(4,5)6)53-38-39-56-60(44-53)72(58-23-17-14-20-54(58)55-21-15-18-24-59(55)72)61-45-62(65-57-22-16-19-25-63(57)75-66(65)64(56)61)74(51-36-30-48(31-37-51)69(7,8)9)52-40-42-71(13,43-41-52)70(10,11)12/h14-42,44-45H,43H2,1-13H3. The molecule has 0 saturated heterocycles. The van der Waals surface area contributed by atoms with E-state index in [1.54, 1.807) is 0 Å². The van der Waals surface area contributed by atoms with Crippen molar-refractivity contribution in [3.05, 3.63) is 233 Å². The first-order valence-corrected chi connectivity index (χ1v) is 27.2. The molecule has 0 fully saturated rings. The molecule has 12 rings (SSSR count). The Morgan fingerprint density at radius 2 is 0.933 bits per heavy atom. The van der Waals surface area contributed by atoms with Crippen LogP contribution in [0.25, 0.3) is 44.2 Å². The number of benzene rings is 8. The summed E-state index contributed by atoms with van der Waals surface area (Å²) in [7, 11) is 0. The van der Waals surface area contributed by atoms with Crippen LogP contribution in [0.4, 0.5) is 28.4 Å². The molecule has 0 amide bonds. The predicted molar refractivity (Wildman–Crippen MR) is 319 cm³/mol. The molecule has 1 heterocycles. The summed E-state index contributed by atoms with van der Waals surface area (Å²) >= 11 is 0. The van der Waals surface area contributed by atoms with Gasteiger partial charge in [0, 0.05) is 39.4 Å². The molecule has 1 aromatic heterocycles. The molecule has 3 heteroatoms. The Kier molecular flexibility index (Phi) is 10.9. The van der Waals surface area contributed by atoms with Gasteiger partial charge in [-0.05, 0) is 156 Å². The van der Waals surface area contributed by atoms with E-state index in [9.17, 15) is 0 Å². The van der Waals surface area contributed by atoms with Crippen LogP contribution >= 0.6 is 0 Å². The number of para-hydroxylation sites is 1. The van der Waals surface area contributed by atoms with Crippen LogP contribution in [0.2, 0.25) is 0 Å². The summed E-state index contributed by atoms with van der Waals surface area (Å²) in [4.78, 5) is 5.00. The maximum atomic E-state index is 7.41. The molecule has 0 aliphatic heterocycles. The normalized spacial score (nSPS) is 16.7. The highest BCUT2D eigenvalue weighted by Gasteiger charge is 2.53. The lowest BCUT2D eigenvalue weighted by Crippen LogP contribution is -2.32. The third kappa shape index (κ3) is 7.58. The molecule has 3 aliphatic rings. The Morgan fingerprint density at radius 1 is 0.453 bits per heavy atom. The van der Waals surface area contributed by atoms with E-state index >= 15 is 0 Å². The molecule has 376 valence electrons. The van der Waals surface area contributed by atoms with Crippen molar-refractivity contribution in [2.75, 3.05) is 9.80 Å². The lowest BCUT2D eigenvalue weighted by molar-refractivity contribution is 0.169. The van der Waals surface area contributed by atoms with Crippen LogP contribution < -0.4 is 9.80 Å². The molecule has 8 aromatic carbocycles. The van der Waals surface area contributed by atoms with Crippen LogP contribution in [0.15, 0.2) is 198 Å². The molecule has 75 heavy (non-hydrogen) atoms. The van der Waals surface area contributed by atoms with Gasteiger partial charge in [0.1, 0.15) is 11.2 Å². The third-order valence-corrected chi connectivity index (χ3v) is 17.5. The topological polar surface area (TPSA) is 19.6 Å². The van der Waals surface area contributed by atoms with Gasteiger partial charge < -0.3 is 14.2 Å². The number of furan rings is 1. The highest BCUT2D eigenvalue weighted by molar-refractivity contribution is 6.19. The summed E-state index contributed by atoms with van der Waals surface area (Å²) < 4.78 is 7.41. The Morgan fingerprint density at radius 3 is 1.43 bits per heavy atom. The zero-order valence-corrected chi connectivity index (χ0v) is 46.4. The van der Waals surface area contributed by atoms with Gasteiger partial charge in [-0.1, -0.05) is 211 Å². The van der Waals surface area contributed by atoms with E-state index in [1.165, 1.54) is 55.6 Å². The second-order valence-corrected chi connectivity index (χ2v) is 26.1. The SMILES string of the molecule is CC(C)(C)c1ccc(N(C2=CCC(C)(C(C)(C)C)C=C2)c2cc3c(c4oc5ccccc5c24)-c2ccc(N(c4ccc(C(C)(C)C)cc4)c4ccc(C(C)(C)C)cc4)cc2C32c3ccccc3-c3ccccc32)cc1. The maximum absolute atomic E-state index is 7.41. The van der Waals surface area contributed by atoms with Crippen molar-refractivity contribution >= 4 is 50.4 Å². The average Bonchev–Trinajstić information content (AvgIpc) is 4.01. The van der Waals surface area contributed by atoms with Crippen LogP contribution in [-0.2, 0) is 21.7 Å². The van der Waals surface area contributed by atoms with E-state index in [0.29, 0.717) is 0 Å². The number of rotatable bonds is 6. The smallest absolute Gasteiger partial charge is 0.145 e. The first-order chi connectivity index (χ1) is 35.6. The Balaban J connectivity index is 1.17. The minimum Gasteiger partial charge on any atom is -0.455 e. The van der Waals surface area contributed by atoms with E-state index < -0.39 is 5.41 Å². The monoisotopic (exact) mass is 981 g/mol. The summed E-state index contributed by atoms with van der Waals surface area (Å²) in [5, 5.41) is 2.23. The molecule has 0 bridgehead atoms. The van der Waals surface area contributed by atoms with Gasteiger partial charge in [-0.2, -0.15) is 0 Å². The Hall–Kier alpha value is -7.36. The number of allylic oxidation sites excluding steroid dienone is 3. The first kappa shape index (κ1) is 48.6. The van der Waals surface area contributed by atoms with E-state index in [2.05, 4.69) is 288 Å². The number of hydrogen-bond donors (Lipinski definition) is 0. The molecule has 0 saturated carbocycles. The van der Waals surface area contributed by atoms with Crippen LogP contribution in [0.3, 0.4) is 0 Å². The zero-order chi connectivity index (χ0) is 52.6. The molecular formula is C72H72N2O. The minimum absolute atomic E-state index is 0.00505. The van der Waals surface area contributed by atoms with Crippen LogP contribution in [0.5, 0.6) is 0 Å². The fourth-order valence-corrected chi connectivity index (χ4v) is 12.4. The van der Waals surface area contributed by atoms with Crippen molar-refractivity contribution in [2.45, 2.75) is 118 Å². The maximum Gasteiger partial charge on any atom is 0.145 e. The Labute approximate surface area is 446 Å². The van der Waals surface area contributed by atoms with Gasteiger partial charge in [-0.3, -0.25) is 0 Å². The minimum atomic E-state index is -0.684. The van der Waals surface area contributed by atoms with E-state index in [1.807, 2.05) is 0 Å². The fraction of sp³-hybridized carbons (Fsp3) is 0.278. The van der Waals surface area contributed by atoms with Crippen molar-refractivity contribution in [3.8, 4) is 22.3 Å². The highest BCUT2D eigenvalue weighted by atomic mass is 16.3. The molecule has 1 unspecified atom stereocenters. The van der Waals surface area contributed by atoms with Gasteiger partial charge in [-0.15, -0.1) is 0 Å². The van der Waals surface area contributed by atoms with Gasteiger partial charge in [0.05, 0.1) is 16.5 Å². The van der Waals surface area contributed by atoms with Crippen molar-refractivity contribution in [2.24, 2.45) is 10.8 Å². The van der Waals surface area contributed by atoms with Gasteiger partial charge >= 0.3 is 0 Å². The number of nitrogens with zero attached hydrogens (tertiary/aromatic N) is 2. The van der Waals surface area contributed by atoms with E-state index in [4.69, 9.17) is 4.42 Å². The largest absolute Gasteiger partial charge is 0.455 e. The van der Waals surface area contributed by atoms with Crippen molar-refractivity contribution < 1.29 is 4.42 Å². The van der Waals surface area contributed by atoms with Crippen LogP contribution in [-0.4, -0.2) is 0 Å². The number of fused-ring (bicyclic) bond motifs is 14. The summed E-state index contributed by atoms with van der Waals surface area (Å²) in [6.45, 7) is 30.1. The van der Waals surface area contributed by atoms with Gasteiger partial charge in [0.2, 0.25) is 0 Å². The van der Waals surface area contributed by atoms with Crippen molar-refractivity contribution in [1.82, 2.24) is 0 Å². The molecule has 0 N–H and O–H groups in total. The van der Waals surface area contributed by atoms with Gasteiger partial charge in [0.15, 0.2) is 0 Å². The summed E-state index contributed by atoms with van der Waals surface area (Å²) in [5.41, 5.74) is 21.9. The molecule has 1 spiro atoms. The average molecular weight is 981 g/mol. The van der Waals surface area contributed by atoms with Crippen molar-refractivity contribution in [1.29, 1.82) is 0 Å². The summed E-state index contributed by atoms with van der Waals surface area (Å²) in [6, 6.07) is 64.6.